The van der Waals surface area contributed by atoms with Crippen LogP contribution < -0.4 is 19.9 Å². The van der Waals surface area contributed by atoms with E-state index in [1.54, 1.807) is 0 Å². The Bertz CT molecular complexity index is 2220. The summed E-state index contributed by atoms with van der Waals surface area (Å²) in [4.78, 5) is 59.1. The first-order valence-electron chi connectivity index (χ1n) is 14.7. The van der Waals surface area contributed by atoms with Gasteiger partial charge in [0, 0.05) is 37.3 Å². The van der Waals surface area contributed by atoms with Crippen LogP contribution in [0.25, 0.3) is 0 Å². The van der Waals surface area contributed by atoms with Crippen molar-refractivity contribution in [3.05, 3.63) is 63.0 Å². The lowest BCUT2D eigenvalue weighted by Gasteiger charge is -2.20. The molecule has 1 aliphatic rings. The van der Waals surface area contributed by atoms with Crippen molar-refractivity contribution >= 4 is 54.8 Å². The minimum atomic E-state index is -5.15. The van der Waals surface area contributed by atoms with Gasteiger partial charge < -0.3 is 14.2 Å². The van der Waals surface area contributed by atoms with Gasteiger partial charge in [-0.2, -0.15) is 13.2 Å². The van der Waals surface area contributed by atoms with Crippen LogP contribution in [0.3, 0.4) is 0 Å². The van der Waals surface area contributed by atoms with Crippen LogP contribution >= 0.6 is 11.6 Å². The standard InChI is InChI=1S/C17H16ClF3O6S.C12H11F3N4O6S/c1-28(25,26)13-6-5-9(15(18)10(13)7-27-8-17(19,20)21)16(24)14-11(22)3-2-4-12(14)23;1-18-10(24-2)16-19(11(18)21)9(20)17-26(22,23)8-6-4-3-5-7(8)25-12(13,14)15/h5-6,14H,2-4,7-8H2,1H3;3-6H,1-2H3,(H,17,20). The number of para-hydroxylation sites is 1. The van der Waals surface area contributed by atoms with E-state index in [9.17, 15) is 67.2 Å². The molecule has 0 bridgehead atoms. The number of sulfone groups is 1. The lowest BCUT2D eigenvalue weighted by atomic mass is 9.81. The molecular weight excluding hydrogens is 810 g/mol. The molecule has 3 aromatic rings. The summed E-state index contributed by atoms with van der Waals surface area (Å²) >= 11 is 6.11. The number of Topliss-reactive ketones (excluding diaryl/α,β-unsaturated/α-hetero) is 3. The summed E-state index contributed by atoms with van der Waals surface area (Å²) in [6.45, 7) is -2.47. The molecule has 0 unspecified atom stereocenters. The quantitative estimate of drug-likeness (QED) is 0.176. The molecule has 54 heavy (non-hydrogen) atoms. The number of alkyl halides is 6. The number of amides is 1. The van der Waals surface area contributed by atoms with Crippen molar-refractivity contribution in [3.63, 3.8) is 0 Å². The smallest absolute Gasteiger partial charge is 0.467 e. The fourth-order valence-corrected chi connectivity index (χ4v) is 7.07. The highest BCUT2D eigenvalue weighted by atomic mass is 35.5. The number of carbonyl (C=O) groups is 4. The number of halogens is 7. The number of methoxy groups -OCH3 is 1. The normalized spacial score (nSPS) is 14.3. The van der Waals surface area contributed by atoms with E-state index in [-0.39, 0.29) is 34.7 Å². The average molecular weight is 837 g/mol. The number of hydrogen-bond donors (Lipinski definition) is 1. The second-order valence-corrected chi connectivity index (χ2v) is 15.0. The Hall–Kier alpha value is -4.81. The number of rotatable bonds is 10. The third-order valence-electron chi connectivity index (χ3n) is 7.03. The largest absolute Gasteiger partial charge is 0.573 e. The van der Waals surface area contributed by atoms with Gasteiger partial charge in [0.1, 0.15) is 23.2 Å². The van der Waals surface area contributed by atoms with Crippen LogP contribution in [0, 0.1) is 5.92 Å². The molecule has 0 saturated heterocycles. The van der Waals surface area contributed by atoms with E-state index in [1.165, 1.54) is 11.8 Å². The summed E-state index contributed by atoms with van der Waals surface area (Å²) < 4.78 is 138. The van der Waals surface area contributed by atoms with Crippen LogP contribution in [0.2, 0.25) is 5.02 Å². The highest BCUT2D eigenvalue weighted by molar-refractivity contribution is 7.90. The molecular formula is C29H27ClF6N4O12S2. The van der Waals surface area contributed by atoms with Crippen LogP contribution in [-0.2, 0) is 47.8 Å². The van der Waals surface area contributed by atoms with E-state index in [4.69, 9.17) is 16.3 Å². The van der Waals surface area contributed by atoms with Gasteiger partial charge in [-0.1, -0.05) is 23.7 Å². The number of benzene rings is 2. The summed E-state index contributed by atoms with van der Waals surface area (Å²) in [5.41, 5.74) is -1.68. The molecule has 1 amide bonds. The molecule has 25 heteroatoms. The molecule has 1 N–H and O–H groups in total. The van der Waals surface area contributed by atoms with E-state index in [0.717, 1.165) is 54.3 Å². The van der Waals surface area contributed by atoms with Crippen LogP contribution in [0.4, 0.5) is 31.1 Å². The van der Waals surface area contributed by atoms with Crippen molar-refractivity contribution in [2.24, 2.45) is 13.0 Å². The van der Waals surface area contributed by atoms with Crippen LogP contribution in [0.1, 0.15) is 35.2 Å². The molecule has 1 aromatic heterocycles. The van der Waals surface area contributed by atoms with Crippen molar-refractivity contribution < 1.29 is 76.6 Å². The van der Waals surface area contributed by atoms with Gasteiger partial charge in [-0.15, -0.1) is 23.0 Å². The molecule has 2 aromatic carbocycles. The SMILES string of the molecule is COc1nn(C(=O)NS(=O)(=O)c2ccccc2OC(F)(F)F)c(=O)n1C.CS(=O)(=O)c1ccc(C(=O)C2C(=O)CCCC2=O)c(Cl)c1COCC(F)(F)F. The van der Waals surface area contributed by atoms with Gasteiger partial charge >= 0.3 is 30.3 Å². The second kappa shape index (κ2) is 16.7. The maximum atomic E-state index is 12.7. The summed E-state index contributed by atoms with van der Waals surface area (Å²) in [6, 6.07) is 4.01. The van der Waals surface area contributed by atoms with Gasteiger partial charge in [-0.05, 0) is 30.7 Å². The molecule has 1 heterocycles. The molecule has 0 aliphatic heterocycles. The van der Waals surface area contributed by atoms with Crippen molar-refractivity contribution in [1.82, 2.24) is 19.1 Å². The number of nitrogens with zero attached hydrogens (tertiary/aromatic N) is 3. The number of aromatic nitrogens is 3. The first-order valence-corrected chi connectivity index (χ1v) is 18.4. The molecule has 1 aliphatic carbocycles. The molecule has 1 fully saturated rings. The number of ether oxygens (including phenoxy) is 3. The molecule has 0 spiro atoms. The lowest BCUT2D eigenvalue weighted by molar-refractivity contribution is -0.275. The second-order valence-electron chi connectivity index (χ2n) is 11.0. The van der Waals surface area contributed by atoms with Gasteiger partial charge in [0.15, 0.2) is 27.2 Å². The first-order chi connectivity index (χ1) is 24.8. The van der Waals surface area contributed by atoms with Crippen LogP contribution in [0.5, 0.6) is 11.8 Å². The van der Waals surface area contributed by atoms with Crippen molar-refractivity contribution in [2.75, 3.05) is 20.0 Å². The Morgan fingerprint density at radius 2 is 1.56 bits per heavy atom. The number of hydrogen-bond acceptors (Lipinski definition) is 13. The minimum absolute atomic E-state index is 0.0444. The summed E-state index contributed by atoms with van der Waals surface area (Å²) in [6.07, 6.45) is -8.56. The van der Waals surface area contributed by atoms with E-state index in [2.05, 4.69) is 14.6 Å². The zero-order valence-electron chi connectivity index (χ0n) is 27.8. The van der Waals surface area contributed by atoms with Gasteiger partial charge in [-0.25, -0.2) is 35.7 Å². The van der Waals surface area contributed by atoms with Gasteiger partial charge in [0.05, 0.1) is 23.6 Å². The number of ketones is 3. The van der Waals surface area contributed by atoms with Crippen molar-refractivity contribution in [3.8, 4) is 11.8 Å². The van der Waals surface area contributed by atoms with Gasteiger partial charge in [-0.3, -0.25) is 14.4 Å². The minimum Gasteiger partial charge on any atom is -0.467 e. The summed E-state index contributed by atoms with van der Waals surface area (Å²) in [5, 5.41) is 2.99. The maximum Gasteiger partial charge on any atom is 0.573 e. The van der Waals surface area contributed by atoms with Crippen molar-refractivity contribution in [1.29, 1.82) is 0 Å². The molecule has 296 valence electrons. The Kier molecular flexibility index (Phi) is 13.5. The number of sulfonamides is 1. The van der Waals surface area contributed by atoms with E-state index >= 15 is 0 Å². The zero-order valence-corrected chi connectivity index (χ0v) is 30.2. The molecule has 16 nitrogen and oxygen atoms in total. The van der Waals surface area contributed by atoms with Crippen LogP contribution in [0.15, 0.2) is 51.0 Å². The van der Waals surface area contributed by atoms with Gasteiger partial charge in [0.25, 0.3) is 10.0 Å². The van der Waals surface area contributed by atoms with E-state index in [0.29, 0.717) is 6.42 Å². The molecule has 4 rings (SSSR count). The average Bonchev–Trinajstić information content (AvgIpc) is 3.33. The summed E-state index contributed by atoms with van der Waals surface area (Å²) in [7, 11) is -6.35. The van der Waals surface area contributed by atoms with Crippen LogP contribution in [-0.4, -0.2) is 87.1 Å². The molecule has 0 radical (unpaired) electrons. The fraction of sp³-hybridized carbons (Fsp3) is 0.379. The number of nitrogens with one attached hydrogen (secondary N) is 1. The highest BCUT2D eigenvalue weighted by Gasteiger charge is 2.38. The predicted octanol–water partition coefficient (Wildman–Crippen LogP) is 3.38. The number of carbonyl (C=O) groups excluding carboxylic acids is 4. The molecule has 0 atom stereocenters. The maximum absolute atomic E-state index is 12.7. The molecule has 1 saturated carbocycles. The zero-order chi connectivity index (χ0) is 41.0. The third-order valence-corrected chi connectivity index (χ3v) is 10.0. The van der Waals surface area contributed by atoms with E-state index < -0.39 is 101 Å². The predicted molar refractivity (Wildman–Crippen MR) is 170 cm³/mol. The topological polar surface area (TPSA) is 216 Å². The Balaban J connectivity index is 0.000000291. The fourth-order valence-electron chi connectivity index (χ4n) is 4.72. The Morgan fingerprint density at radius 3 is 2.07 bits per heavy atom. The monoisotopic (exact) mass is 836 g/mol. The Labute approximate surface area is 305 Å². The first kappa shape index (κ1) is 43.6. The lowest BCUT2D eigenvalue weighted by Crippen LogP contribution is -2.40. The van der Waals surface area contributed by atoms with Gasteiger partial charge in [0.2, 0.25) is 0 Å². The Morgan fingerprint density at radius 1 is 0.963 bits per heavy atom. The summed E-state index contributed by atoms with van der Waals surface area (Å²) in [5.74, 6) is -4.64. The van der Waals surface area contributed by atoms with Crippen molar-refractivity contribution in [2.45, 2.75) is 48.2 Å². The van der Waals surface area contributed by atoms with E-state index in [1.807, 2.05) is 0 Å². The highest BCUT2D eigenvalue weighted by Crippen LogP contribution is 2.33. The third kappa shape index (κ3) is 10.9.